The third-order valence-electron chi connectivity index (χ3n) is 20.7. The highest BCUT2D eigenvalue weighted by Crippen LogP contribution is 2.42. The number of carbonyl (C=O) groups excluding carboxylic acids is 14. The molecule has 40 heteroatoms. The number of hydrogen-bond acceptors (Lipinski definition) is 23. The number of methoxy groups -OCH3 is 2. The van der Waals surface area contributed by atoms with Gasteiger partial charge in [-0.3, -0.25) is 72.8 Å². The number of phenols is 1. The molecule has 21 N–H and O–H groups in total. The summed E-state index contributed by atoms with van der Waals surface area (Å²) in [5.74, 6) is -12.2. The number of aliphatic hydroxyl groups excluding tert-OH is 1. The van der Waals surface area contributed by atoms with Crippen LogP contribution < -0.4 is 81.4 Å². The molecule has 1 aromatic heterocycles. The summed E-state index contributed by atoms with van der Waals surface area (Å²) in [4.78, 5) is 212. The molecular formula is C87H110ClN19O20. The summed E-state index contributed by atoms with van der Waals surface area (Å²) in [6.07, 6.45) is 2.70. The van der Waals surface area contributed by atoms with Crippen LogP contribution in [0, 0.1) is 16.0 Å². The molecule has 2 aliphatic rings. The lowest BCUT2D eigenvalue weighted by molar-refractivity contribution is -0.385. The fraction of sp³-hybridized carbons (Fsp3) is 0.402. The molecular weight excluding hydrogens is 1670 g/mol. The molecule has 2 aliphatic heterocycles. The van der Waals surface area contributed by atoms with Gasteiger partial charge in [-0.2, -0.15) is 0 Å². The molecule has 0 aliphatic carbocycles. The van der Waals surface area contributed by atoms with Gasteiger partial charge in [-0.15, -0.1) is 0 Å². The smallest absolute Gasteiger partial charge is 0.336 e. The summed E-state index contributed by atoms with van der Waals surface area (Å²) in [6.45, 7) is 8.44. The van der Waals surface area contributed by atoms with Gasteiger partial charge in [-0.05, 0) is 135 Å². The van der Waals surface area contributed by atoms with E-state index in [-0.39, 0.29) is 124 Å². The number of carbonyl (C=O) groups is 14. The third-order valence-corrected chi connectivity index (χ3v) is 20.9. The molecule has 39 nitrogen and oxygen atoms in total. The maximum absolute atomic E-state index is 14.9. The van der Waals surface area contributed by atoms with Gasteiger partial charge in [-0.25, -0.2) is 14.4 Å². The van der Waals surface area contributed by atoms with Crippen LogP contribution in [0.1, 0.15) is 120 Å². The van der Waals surface area contributed by atoms with E-state index < -0.39 is 161 Å². The van der Waals surface area contributed by atoms with Gasteiger partial charge in [0, 0.05) is 92.7 Å². The average molecular weight is 1780 g/mol. The van der Waals surface area contributed by atoms with E-state index in [9.17, 15) is 87.5 Å². The van der Waals surface area contributed by atoms with E-state index in [0.29, 0.717) is 45.1 Å². The van der Waals surface area contributed by atoms with Crippen LogP contribution in [0.15, 0.2) is 167 Å². The molecule has 127 heavy (non-hydrogen) atoms. The third kappa shape index (κ3) is 30.4. The summed E-state index contributed by atoms with van der Waals surface area (Å²) in [5.41, 5.74) is 25.1. The van der Waals surface area contributed by atoms with Crippen molar-refractivity contribution in [3.05, 3.63) is 205 Å². The molecule has 6 aromatic rings. The van der Waals surface area contributed by atoms with Crippen molar-refractivity contribution in [2.45, 2.75) is 179 Å². The minimum absolute atomic E-state index is 0.000209. The number of hydrogen-bond donors (Lipinski definition) is 17. The molecule has 0 spiro atoms. The maximum Gasteiger partial charge on any atom is 0.336 e. The number of aromatic hydroxyl groups is 1. The lowest BCUT2D eigenvalue weighted by Gasteiger charge is -2.31. The van der Waals surface area contributed by atoms with Gasteiger partial charge in [0.1, 0.15) is 66.2 Å². The number of primary amides is 2. The van der Waals surface area contributed by atoms with Crippen molar-refractivity contribution < 1.29 is 91.7 Å². The number of ether oxygens (including phenoxy) is 2. The number of phenolic OH excluding ortho intramolecular Hbond substituents is 1. The number of para-hydroxylation sites is 1. The topological polar surface area (TPSA) is 606 Å². The number of aliphatic hydroxyl groups is 1. The highest BCUT2D eigenvalue weighted by atomic mass is 35.5. The monoisotopic (exact) mass is 1780 g/mol. The molecule has 0 unspecified atom stereocenters. The molecule has 1 fully saturated rings. The van der Waals surface area contributed by atoms with E-state index in [1.54, 1.807) is 70.2 Å². The zero-order valence-electron chi connectivity index (χ0n) is 71.5. The Labute approximate surface area is 737 Å². The quantitative estimate of drug-likeness (QED) is 0.00644. The van der Waals surface area contributed by atoms with Gasteiger partial charge >= 0.3 is 18.0 Å². The molecule has 8 rings (SSSR count). The van der Waals surface area contributed by atoms with E-state index >= 15 is 0 Å². The zero-order valence-corrected chi connectivity index (χ0v) is 72.3. The van der Waals surface area contributed by atoms with Crippen LogP contribution in [0.5, 0.6) is 5.75 Å². The first-order valence-corrected chi connectivity index (χ1v) is 41.2. The first kappa shape index (κ1) is 100.0. The zero-order chi connectivity index (χ0) is 93.3. The summed E-state index contributed by atoms with van der Waals surface area (Å²) < 4.78 is 9.66. The molecule has 1 saturated heterocycles. The Balaban J connectivity index is 0.000000754. The number of guanidine groups is 1. The van der Waals surface area contributed by atoms with Crippen LogP contribution in [-0.4, -0.2) is 215 Å². The van der Waals surface area contributed by atoms with E-state index in [4.69, 9.17) is 44.0 Å². The minimum atomic E-state index is -1.85. The summed E-state index contributed by atoms with van der Waals surface area (Å²) >= 11 is 6.23. The van der Waals surface area contributed by atoms with E-state index in [0.717, 1.165) is 10.8 Å². The van der Waals surface area contributed by atoms with E-state index in [1.165, 1.54) is 87.8 Å². The second-order valence-electron chi connectivity index (χ2n) is 30.8. The second-order valence-corrected chi connectivity index (χ2v) is 31.2. The van der Waals surface area contributed by atoms with Crippen molar-refractivity contribution in [1.82, 2.24) is 68.4 Å². The van der Waals surface area contributed by atoms with Crippen molar-refractivity contribution in [3.63, 3.8) is 0 Å². The number of aromatic nitrogens is 1. The van der Waals surface area contributed by atoms with Crippen LogP contribution in [-0.2, 0) is 97.5 Å². The molecule has 13 amide bonds. The Morgan fingerprint density at radius 3 is 1.61 bits per heavy atom. The molecule has 0 bridgehead atoms. The van der Waals surface area contributed by atoms with E-state index in [1.807, 2.05) is 42.5 Å². The normalized spacial score (nSPS) is 15.1. The molecule has 3 heterocycles. The number of nitrogens with two attached hydrogens (primary N) is 4. The molecule has 680 valence electrons. The number of allylic oxidation sites excluding steroid dienone is 2. The number of nitrogens with zero attached hydrogens (tertiary/aromatic N) is 4. The second kappa shape index (κ2) is 48.8. The lowest BCUT2D eigenvalue weighted by Crippen LogP contribution is -2.61. The number of benzene rings is 5. The van der Waals surface area contributed by atoms with E-state index in [2.05, 4.69) is 68.5 Å². The number of dihydropyridines is 1. The number of nitrogens with one attached hydrogen (secondary N) is 11. The Kier molecular flexibility index (Phi) is 38.4. The first-order chi connectivity index (χ1) is 60.4. The number of likely N-dealkylation sites (tertiary alicyclic amines) is 1. The van der Waals surface area contributed by atoms with Crippen molar-refractivity contribution in [3.8, 4) is 5.75 Å². The predicted molar refractivity (Wildman–Crippen MR) is 467 cm³/mol. The van der Waals surface area contributed by atoms with Crippen LogP contribution in [0.4, 0.5) is 10.5 Å². The van der Waals surface area contributed by atoms with Crippen LogP contribution in [0.2, 0.25) is 5.02 Å². The summed E-state index contributed by atoms with van der Waals surface area (Å²) in [7, 11) is 2.42. The number of pyridine rings is 1. The van der Waals surface area contributed by atoms with Gasteiger partial charge in [0.2, 0.25) is 65.0 Å². The summed E-state index contributed by atoms with van der Waals surface area (Å²) in [6, 6.07) is 19.4. The van der Waals surface area contributed by atoms with Gasteiger partial charge in [-0.1, -0.05) is 116 Å². The van der Waals surface area contributed by atoms with Crippen molar-refractivity contribution in [2.24, 2.45) is 33.8 Å². The number of fused-ring (bicyclic) bond motifs is 1. The summed E-state index contributed by atoms with van der Waals surface area (Å²) in [5, 5.41) is 63.9. The minimum Gasteiger partial charge on any atom is -0.508 e. The average Bonchev–Trinajstić information content (AvgIpc) is 1.14. The Hall–Kier alpha value is -14.1. The maximum atomic E-state index is 14.9. The number of nitro benzene ring substituents is 1. The number of amides is 13. The van der Waals surface area contributed by atoms with Gasteiger partial charge < -0.3 is 106 Å². The molecule has 0 saturated carbocycles. The first-order valence-electron chi connectivity index (χ1n) is 40.9. The molecule has 0 radical (unpaired) electrons. The van der Waals surface area contributed by atoms with Gasteiger partial charge in [0.05, 0.1) is 42.8 Å². The Bertz CT molecular complexity index is 5010. The number of aliphatic imine (C=N–C) groups is 1. The lowest BCUT2D eigenvalue weighted by atomic mass is 9.79. The van der Waals surface area contributed by atoms with Crippen molar-refractivity contribution in [1.29, 1.82) is 0 Å². The Morgan fingerprint density at radius 1 is 0.591 bits per heavy atom. The largest absolute Gasteiger partial charge is 0.508 e. The Morgan fingerprint density at radius 2 is 1.08 bits per heavy atom. The predicted octanol–water partition coefficient (Wildman–Crippen LogP) is 1.46. The number of rotatable bonds is 42. The van der Waals surface area contributed by atoms with Crippen LogP contribution in [0.3, 0.4) is 0 Å². The number of urea groups is 1. The van der Waals surface area contributed by atoms with Crippen LogP contribution >= 0.6 is 11.6 Å². The fourth-order valence-electron chi connectivity index (χ4n) is 14.4. The number of esters is 2. The highest BCUT2D eigenvalue weighted by Gasteiger charge is 2.43. The molecule has 10 atom stereocenters. The highest BCUT2D eigenvalue weighted by molar-refractivity contribution is 6.30. The van der Waals surface area contributed by atoms with Crippen LogP contribution in [0.25, 0.3) is 10.8 Å². The van der Waals surface area contributed by atoms with Crippen molar-refractivity contribution >= 4 is 117 Å². The van der Waals surface area contributed by atoms with Crippen molar-refractivity contribution in [2.75, 3.05) is 40.5 Å². The number of halogens is 1. The SMILES string of the molecule is CC(=O)N[C@H](Cc1ccc2ccccc2c1)C(=O)N[C@H](Cc1ccc(Cl)cc1)C(=O)N[C@H](Cc1cccnc1)C(=O)N[C@@H](CO)C(=O)N[C@@H](Cc1ccc(O)cc1)C(=O)N[C@H](CCCNC(N)=O)C(=O)N[C@@H](CC(C)C)C(=O)N[C@@H](CCCN=C(N)N)C(=O)N1CCC[C@H]1C(=O)N[C@H](C)C(N)=O.COC(=O)C1=C(C)NC(C)=C(C(=O)OC)C1c1ccccc1[N+](=O)[O-]. The fourth-order valence-corrected chi connectivity index (χ4v) is 14.5. The standard InChI is InChI=1S/C70H92ClN17O14.C17H18N2O6/c1-39(2)31-52(61(94)82-51(15-9-28-77-69(73)74)68(101)88-30-10-16-58(88)67(100)79-40(3)59(72)92)83-60(93)50(14-8-29-78-70(75)102)81-63(96)54(34-43-20-25-49(91)26-21-43)86-66(99)57(38-89)87-65(98)56(36-45-11-7-27-76-37-45)85-64(97)55(33-42-18-23-48(71)24-19-42)84-62(95)53(80-41(4)90)35-44-17-22-46-12-5-6-13-47(46)32-44;1-9-13(16(20)24-3)15(14(10(2)18-9)17(21)25-4)11-7-5-6-8-12(11)19(22)23/h5-7,11-13,17-27,32,37,39-40,50-58,89,91H,8-10,14-16,28-31,33-36,38H2,1-4H3,(H2,72,92)(H,79,100)(H,80,90)(H,81,96)(H,82,94)(H,83,93)(H,84,95)(H,85,97)(H,86,99)(H,87,98)(H4,73,74,77)(H3,75,78,102);5-8,15,18H,1-4H3/t40-,50-,51+,52+,53-,54+,55-,56-,57+,58+;/m1./s1. The number of nitro groups is 1. The van der Waals surface area contributed by atoms with Gasteiger partial charge in [0.25, 0.3) is 5.69 Å². The van der Waals surface area contributed by atoms with Gasteiger partial charge in [0.15, 0.2) is 5.96 Å². The molecule has 5 aromatic carbocycles.